The minimum atomic E-state index is -1.26. The van der Waals surface area contributed by atoms with Crippen molar-refractivity contribution in [2.24, 2.45) is 10.2 Å². The Kier molecular flexibility index (Phi) is 4.52. The number of aliphatic carboxylic acids is 1. The maximum atomic E-state index is 11.5. The minimum Gasteiger partial charge on any atom is -0.550 e. The van der Waals surface area contributed by atoms with Gasteiger partial charge in [0.05, 0.1) is 11.0 Å². The fourth-order valence-corrected chi connectivity index (χ4v) is 2.50. The Hall–Kier alpha value is -2.15. The Bertz CT molecular complexity index is 584. The quantitative estimate of drug-likeness (QED) is 0.630. The predicted molar refractivity (Wildman–Crippen MR) is 75.2 cm³/mol. The number of carbonyl (C=O) groups excluding carboxylic acids is 2. The van der Waals surface area contributed by atoms with Crippen LogP contribution in [-0.4, -0.2) is 28.0 Å². The molecule has 1 saturated heterocycles. The monoisotopic (exact) mass is 290 g/mol. The van der Waals surface area contributed by atoms with Crippen molar-refractivity contribution in [1.82, 2.24) is 5.32 Å². The number of thioether (sulfide) groups is 1. The Morgan fingerprint density at radius 3 is 2.75 bits per heavy atom. The molecule has 104 valence electrons. The van der Waals surface area contributed by atoms with Crippen molar-refractivity contribution in [2.75, 3.05) is 0 Å². The number of rotatable bonds is 4. The van der Waals surface area contributed by atoms with Gasteiger partial charge in [0.2, 0.25) is 5.91 Å². The van der Waals surface area contributed by atoms with Crippen LogP contribution in [-0.2, 0) is 9.59 Å². The highest BCUT2D eigenvalue weighted by Crippen LogP contribution is 2.22. The van der Waals surface area contributed by atoms with Crippen LogP contribution in [0.4, 0.5) is 0 Å². The molecule has 1 atom stereocenters. The van der Waals surface area contributed by atoms with Gasteiger partial charge in [0.25, 0.3) is 0 Å². The van der Waals surface area contributed by atoms with Crippen molar-refractivity contribution in [3.8, 4) is 0 Å². The maximum absolute atomic E-state index is 11.5. The van der Waals surface area contributed by atoms with E-state index >= 15 is 0 Å². The molecule has 1 aliphatic rings. The van der Waals surface area contributed by atoms with Crippen molar-refractivity contribution < 1.29 is 14.7 Å². The standard InChI is InChI=1S/C13H13N3O3S/c1-8(9-5-3-2-4-6-9)15-16-13-14-12(19)10(20-13)7-11(17)18/h2-6,10H,7H2,1H3,(H,17,18)(H,14,16,19)/p-1/b15-8-/t10-/m0/s1. The molecule has 0 aromatic heterocycles. The summed E-state index contributed by atoms with van der Waals surface area (Å²) < 4.78 is 0. The molecule has 20 heavy (non-hydrogen) atoms. The summed E-state index contributed by atoms with van der Waals surface area (Å²) in [5.74, 6) is -1.65. The predicted octanol–water partition coefficient (Wildman–Crippen LogP) is 0.138. The van der Waals surface area contributed by atoms with E-state index in [2.05, 4.69) is 15.5 Å². The van der Waals surface area contributed by atoms with Gasteiger partial charge in [-0.1, -0.05) is 42.1 Å². The highest BCUT2D eigenvalue weighted by molar-refractivity contribution is 8.15. The molecule has 0 bridgehead atoms. The van der Waals surface area contributed by atoms with E-state index in [9.17, 15) is 14.7 Å². The van der Waals surface area contributed by atoms with Crippen LogP contribution in [0.5, 0.6) is 0 Å². The summed E-state index contributed by atoms with van der Waals surface area (Å²) in [6, 6.07) is 9.49. The largest absolute Gasteiger partial charge is 0.550 e. The molecule has 1 aromatic carbocycles. The van der Waals surface area contributed by atoms with E-state index < -0.39 is 11.2 Å². The van der Waals surface area contributed by atoms with E-state index in [0.717, 1.165) is 17.3 Å². The first-order valence-electron chi connectivity index (χ1n) is 5.91. The average molecular weight is 290 g/mol. The van der Waals surface area contributed by atoms with Gasteiger partial charge in [-0.3, -0.25) is 4.79 Å². The normalized spacial score (nSPS) is 21.1. The lowest BCUT2D eigenvalue weighted by Crippen LogP contribution is -2.31. The smallest absolute Gasteiger partial charge is 0.239 e. The number of nitrogens with one attached hydrogen (secondary N) is 1. The van der Waals surface area contributed by atoms with E-state index in [4.69, 9.17) is 0 Å². The number of carboxylic acids is 1. The molecular formula is C13H12N3O3S-. The summed E-state index contributed by atoms with van der Waals surface area (Å²) in [5.41, 5.74) is 1.63. The van der Waals surface area contributed by atoms with Gasteiger partial charge in [0.1, 0.15) is 0 Å². The molecule has 7 heteroatoms. The summed E-state index contributed by atoms with van der Waals surface area (Å²) in [6.45, 7) is 1.81. The number of carbonyl (C=O) groups is 2. The first-order valence-corrected chi connectivity index (χ1v) is 6.79. The molecular weight excluding hydrogens is 278 g/mol. The molecule has 0 unspecified atom stereocenters. The van der Waals surface area contributed by atoms with Crippen LogP contribution in [0, 0.1) is 0 Å². The van der Waals surface area contributed by atoms with Gasteiger partial charge in [-0.25, -0.2) is 0 Å². The number of amidine groups is 1. The zero-order valence-electron chi connectivity index (χ0n) is 10.7. The summed E-state index contributed by atoms with van der Waals surface area (Å²) in [4.78, 5) is 22.0. The van der Waals surface area contributed by atoms with Gasteiger partial charge < -0.3 is 15.2 Å². The molecule has 1 heterocycles. The van der Waals surface area contributed by atoms with E-state index in [1.807, 2.05) is 30.3 Å². The topological polar surface area (TPSA) is 94.0 Å². The molecule has 0 aliphatic carbocycles. The Morgan fingerprint density at radius 2 is 2.10 bits per heavy atom. The third-order valence-corrected chi connectivity index (χ3v) is 3.68. The summed E-state index contributed by atoms with van der Waals surface area (Å²) >= 11 is 1.05. The number of hydrogen-bond acceptors (Lipinski definition) is 6. The van der Waals surface area contributed by atoms with Crippen LogP contribution in [0.1, 0.15) is 18.9 Å². The molecule has 1 aromatic rings. The second-order valence-corrected chi connectivity index (χ2v) is 5.32. The third kappa shape index (κ3) is 3.67. The van der Waals surface area contributed by atoms with Crippen molar-refractivity contribution >= 4 is 34.5 Å². The van der Waals surface area contributed by atoms with Crippen molar-refractivity contribution in [3.63, 3.8) is 0 Å². The Morgan fingerprint density at radius 1 is 1.40 bits per heavy atom. The zero-order chi connectivity index (χ0) is 14.5. The second-order valence-electron chi connectivity index (χ2n) is 4.13. The van der Waals surface area contributed by atoms with Gasteiger partial charge >= 0.3 is 0 Å². The summed E-state index contributed by atoms with van der Waals surface area (Å²) in [6.07, 6.45) is -0.336. The highest BCUT2D eigenvalue weighted by atomic mass is 32.2. The Labute approximate surface area is 120 Å². The molecule has 0 spiro atoms. The van der Waals surface area contributed by atoms with Crippen molar-refractivity contribution in [3.05, 3.63) is 35.9 Å². The van der Waals surface area contributed by atoms with Crippen LogP contribution in [0.25, 0.3) is 0 Å². The molecule has 0 radical (unpaired) electrons. The van der Waals surface area contributed by atoms with Crippen molar-refractivity contribution in [1.29, 1.82) is 0 Å². The maximum Gasteiger partial charge on any atom is 0.239 e. The average Bonchev–Trinajstić information content (AvgIpc) is 2.77. The second kappa shape index (κ2) is 6.33. The van der Waals surface area contributed by atoms with Gasteiger partial charge in [0.15, 0.2) is 5.17 Å². The highest BCUT2D eigenvalue weighted by Gasteiger charge is 2.30. The molecule has 1 N–H and O–H groups in total. The van der Waals surface area contributed by atoms with Crippen molar-refractivity contribution in [2.45, 2.75) is 18.6 Å². The van der Waals surface area contributed by atoms with Gasteiger partial charge in [0, 0.05) is 12.4 Å². The van der Waals surface area contributed by atoms with Crippen LogP contribution in [0.3, 0.4) is 0 Å². The van der Waals surface area contributed by atoms with E-state index in [-0.39, 0.29) is 12.3 Å². The van der Waals surface area contributed by atoms with Crippen LogP contribution in [0.2, 0.25) is 0 Å². The lowest BCUT2D eigenvalue weighted by atomic mass is 10.1. The number of amides is 1. The first kappa shape index (κ1) is 14.3. The van der Waals surface area contributed by atoms with Gasteiger partial charge in [-0.05, 0) is 12.5 Å². The van der Waals surface area contributed by atoms with Gasteiger partial charge in [-0.15, -0.1) is 5.10 Å². The molecule has 6 nitrogen and oxygen atoms in total. The van der Waals surface area contributed by atoms with E-state index in [0.29, 0.717) is 10.9 Å². The number of carboxylic acid groups (broad SMARTS) is 1. The number of hydrogen-bond donors (Lipinski definition) is 1. The molecule has 1 aliphatic heterocycles. The minimum absolute atomic E-state index is 0.302. The zero-order valence-corrected chi connectivity index (χ0v) is 11.5. The lowest BCUT2D eigenvalue weighted by molar-refractivity contribution is -0.305. The molecule has 1 amide bonds. The third-order valence-electron chi connectivity index (χ3n) is 2.61. The van der Waals surface area contributed by atoms with E-state index in [1.54, 1.807) is 6.92 Å². The fraction of sp³-hybridized carbons (Fsp3) is 0.231. The van der Waals surface area contributed by atoms with Crippen LogP contribution in [0.15, 0.2) is 40.5 Å². The Balaban J connectivity index is 2.06. The number of nitrogens with zero attached hydrogens (tertiary/aromatic N) is 2. The van der Waals surface area contributed by atoms with Gasteiger partial charge in [-0.2, -0.15) is 5.10 Å². The first-order chi connectivity index (χ1) is 9.56. The fourth-order valence-electron chi connectivity index (χ4n) is 1.60. The molecule has 1 fully saturated rings. The molecule has 2 rings (SSSR count). The van der Waals surface area contributed by atoms with E-state index in [1.165, 1.54) is 0 Å². The SMILES string of the molecule is C/C(=N/N=C1/NC(=O)[C@H](CC(=O)[O-])S1)c1ccccc1. The number of benzene rings is 1. The van der Waals surface area contributed by atoms with Crippen LogP contribution < -0.4 is 10.4 Å². The summed E-state index contributed by atoms with van der Waals surface area (Å²) in [5, 5.41) is 20.5. The summed E-state index contributed by atoms with van der Waals surface area (Å²) in [7, 11) is 0. The molecule has 0 saturated carbocycles. The van der Waals surface area contributed by atoms with Crippen LogP contribution >= 0.6 is 11.8 Å². The lowest BCUT2D eigenvalue weighted by Gasteiger charge is -2.04.